The first kappa shape index (κ1) is 29.4. The largest absolute Gasteiger partial charge is 0.444 e. The molecule has 0 aromatic rings. The van der Waals surface area contributed by atoms with Crippen LogP contribution in [0.15, 0.2) is 24.3 Å². The molecule has 0 aliphatic rings. The molecule has 0 bridgehead atoms. The summed E-state index contributed by atoms with van der Waals surface area (Å²) in [6.45, 7) is 7.87. The van der Waals surface area contributed by atoms with Crippen LogP contribution in [0.2, 0.25) is 0 Å². The van der Waals surface area contributed by atoms with Crippen LogP contribution in [0.4, 0.5) is 0 Å². The van der Waals surface area contributed by atoms with Crippen molar-refractivity contribution in [2.75, 3.05) is 0 Å². The molecule has 0 aliphatic heterocycles. The predicted octanol–water partition coefficient (Wildman–Crippen LogP) is 6.97. The van der Waals surface area contributed by atoms with Gasteiger partial charge in [-0.3, -0.25) is 0 Å². The van der Waals surface area contributed by atoms with Crippen LogP contribution in [-0.4, -0.2) is 24.4 Å². The number of unbranched alkanes of at least 4 members (excludes halogenated alkanes) is 12. The third-order valence-corrected chi connectivity index (χ3v) is 5.01. The molecular weight excluding hydrogens is 390 g/mol. The third-order valence-electron chi connectivity index (χ3n) is 5.01. The smallest absolute Gasteiger partial charge is 0.331 e. The van der Waals surface area contributed by atoms with Crippen LogP contribution in [0.5, 0.6) is 0 Å². The van der Waals surface area contributed by atoms with Crippen LogP contribution in [0.3, 0.4) is 0 Å². The molecule has 2 unspecified atom stereocenters. The van der Waals surface area contributed by atoms with Crippen molar-refractivity contribution in [3.05, 3.63) is 24.3 Å². The first-order chi connectivity index (χ1) is 15.0. The average Bonchev–Trinajstić information content (AvgIpc) is 2.71. The molecule has 2 atom stereocenters. The van der Waals surface area contributed by atoms with Gasteiger partial charge in [-0.25, -0.2) is 14.9 Å². The van der Waals surface area contributed by atoms with Gasteiger partial charge < -0.3 is 9.47 Å². The van der Waals surface area contributed by atoms with E-state index in [2.05, 4.69) is 19.2 Å². The molecular formula is C26H47NO4. The van der Waals surface area contributed by atoms with Gasteiger partial charge in [0.05, 0.1) is 0 Å². The van der Waals surface area contributed by atoms with Crippen LogP contribution in [-0.2, 0) is 19.1 Å². The van der Waals surface area contributed by atoms with E-state index in [1.807, 2.05) is 12.2 Å². The number of nitrogens with one attached hydrogen (secondary N) is 1. The highest BCUT2D eigenvalue weighted by Gasteiger charge is 2.12. The van der Waals surface area contributed by atoms with Crippen LogP contribution in [0, 0.1) is 0 Å². The highest BCUT2D eigenvalue weighted by Crippen LogP contribution is 2.08. The van der Waals surface area contributed by atoms with Gasteiger partial charge in [-0.05, 0) is 39.5 Å². The van der Waals surface area contributed by atoms with Gasteiger partial charge in [0.1, 0.15) is 0 Å². The molecule has 0 amide bonds. The summed E-state index contributed by atoms with van der Waals surface area (Å²) in [5, 5.41) is 2.95. The quantitative estimate of drug-likeness (QED) is 0.0964. The lowest BCUT2D eigenvalue weighted by Gasteiger charge is -2.19. The van der Waals surface area contributed by atoms with Crippen molar-refractivity contribution < 1.29 is 19.1 Å². The zero-order valence-corrected chi connectivity index (χ0v) is 20.5. The van der Waals surface area contributed by atoms with Crippen molar-refractivity contribution in [2.24, 2.45) is 0 Å². The van der Waals surface area contributed by atoms with Gasteiger partial charge in [-0.2, -0.15) is 0 Å². The van der Waals surface area contributed by atoms with E-state index >= 15 is 0 Å². The number of esters is 2. The number of ether oxygens (including phenoxy) is 2. The van der Waals surface area contributed by atoms with E-state index in [4.69, 9.17) is 9.47 Å². The van der Waals surface area contributed by atoms with Gasteiger partial charge in [0, 0.05) is 12.2 Å². The molecule has 0 heterocycles. The van der Waals surface area contributed by atoms with E-state index in [0.717, 1.165) is 25.7 Å². The number of carbonyl (C=O) groups is 2. The SMILES string of the molecule is CCCCCCCC/C=C/C(=O)OC(C)NC(C)OC(=O)/C=C/CCCCCCCC. The number of hydrogen-bond acceptors (Lipinski definition) is 5. The van der Waals surface area contributed by atoms with Gasteiger partial charge >= 0.3 is 11.9 Å². The lowest BCUT2D eigenvalue weighted by atomic mass is 10.1. The van der Waals surface area contributed by atoms with Gasteiger partial charge in [-0.1, -0.05) is 90.2 Å². The summed E-state index contributed by atoms with van der Waals surface area (Å²) in [6, 6.07) is 0. The molecule has 0 spiro atoms. The Bertz CT molecular complexity index is 458. The fourth-order valence-corrected chi connectivity index (χ4v) is 3.27. The van der Waals surface area contributed by atoms with Crippen LogP contribution in [0.25, 0.3) is 0 Å². The molecule has 0 aromatic heterocycles. The minimum Gasteiger partial charge on any atom is -0.444 e. The average molecular weight is 438 g/mol. The third kappa shape index (κ3) is 21.4. The summed E-state index contributed by atoms with van der Waals surface area (Å²) in [7, 11) is 0. The molecule has 180 valence electrons. The van der Waals surface area contributed by atoms with Crippen LogP contribution < -0.4 is 5.32 Å². The van der Waals surface area contributed by atoms with Gasteiger partial charge in [0.2, 0.25) is 0 Å². The molecule has 1 N–H and O–H groups in total. The summed E-state index contributed by atoms with van der Waals surface area (Å²) in [6.07, 6.45) is 22.2. The second kappa shape index (κ2) is 21.6. The van der Waals surface area contributed by atoms with E-state index in [1.165, 1.54) is 76.4 Å². The molecule has 5 heteroatoms. The standard InChI is InChI=1S/C26H47NO4/c1-5-7-9-11-13-15-17-19-21-25(28)30-23(3)27-24(4)31-26(29)22-20-18-16-14-12-10-8-6-2/h19-24,27H,5-18H2,1-4H3/b21-19+,22-20+. The van der Waals surface area contributed by atoms with Gasteiger partial charge in [0.15, 0.2) is 12.5 Å². The summed E-state index contributed by atoms with van der Waals surface area (Å²) >= 11 is 0. The van der Waals surface area contributed by atoms with Crippen molar-refractivity contribution in [1.82, 2.24) is 5.32 Å². The zero-order valence-electron chi connectivity index (χ0n) is 20.5. The molecule has 0 fully saturated rings. The van der Waals surface area contributed by atoms with Crippen molar-refractivity contribution in [3.8, 4) is 0 Å². The highest BCUT2D eigenvalue weighted by atomic mass is 16.6. The van der Waals surface area contributed by atoms with Crippen molar-refractivity contribution in [1.29, 1.82) is 0 Å². The summed E-state index contributed by atoms with van der Waals surface area (Å²) in [5.74, 6) is -0.772. The van der Waals surface area contributed by atoms with E-state index in [9.17, 15) is 9.59 Å². The fraction of sp³-hybridized carbons (Fsp3) is 0.769. The second-order valence-electron chi connectivity index (χ2n) is 8.24. The zero-order chi connectivity index (χ0) is 23.2. The Morgan fingerprint density at radius 1 is 0.645 bits per heavy atom. The lowest BCUT2D eigenvalue weighted by Crippen LogP contribution is -2.39. The van der Waals surface area contributed by atoms with Gasteiger partial charge in [0.25, 0.3) is 0 Å². The minimum atomic E-state index is -0.541. The normalized spacial score (nSPS) is 13.5. The van der Waals surface area contributed by atoms with E-state index in [1.54, 1.807) is 13.8 Å². The van der Waals surface area contributed by atoms with E-state index < -0.39 is 12.5 Å². The maximum Gasteiger partial charge on any atom is 0.331 e. The number of allylic oxidation sites excluding steroid dienone is 2. The van der Waals surface area contributed by atoms with Crippen LogP contribution in [0.1, 0.15) is 118 Å². The topological polar surface area (TPSA) is 64.6 Å². The Balaban J connectivity index is 3.83. The van der Waals surface area contributed by atoms with Crippen molar-refractivity contribution in [2.45, 2.75) is 130 Å². The monoisotopic (exact) mass is 437 g/mol. The molecule has 0 saturated carbocycles. The lowest BCUT2D eigenvalue weighted by molar-refractivity contribution is -0.150. The second-order valence-corrected chi connectivity index (χ2v) is 8.24. The summed E-state index contributed by atoms with van der Waals surface area (Å²) in [5.41, 5.74) is 0. The molecule has 0 radical (unpaired) electrons. The van der Waals surface area contributed by atoms with Crippen LogP contribution >= 0.6 is 0 Å². The highest BCUT2D eigenvalue weighted by molar-refractivity contribution is 5.82. The Morgan fingerprint density at radius 2 is 1.00 bits per heavy atom. The maximum atomic E-state index is 11.8. The Hall–Kier alpha value is -1.62. The predicted molar refractivity (Wildman–Crippen MR) is 129 cm³/mol. The molecule has 0 rings (SSSR count). The Morgan fingerprint density at radius 3 is 1.39 bits per heavy atom. The Kier molecular flexibility index (Phi) is 20.5. The first-order valence-electron chi connectivity index (χ1n) is 12.5. The number of hydrogen-bond donors (Lipinski definition) is 1. The van der Waals surface area contributed by atoms with Gasteiger partial charge in [-0.15, -0.1) is 0 Å². The first-order valence-corrected chi connectivity index (χ1v) is 12.5. The fourth-order valence-electron chi connectivity index (χ4n) is 3.27. The van der Waals surface area contributed by atoms with Crippen molar-refractivity contribution in [3.63, 3.8) is 0 Å². The van der Waals surface area contributed by atoms with E-state index in [0.29, 0.717) is 0 Å². The minimum absolute atomic E-state index is 0.386. The van der Waals surface area contributed by atoms with Crippen molar-refractivity contribution >= 4 is 11.9 Å². The molecule has 5 nitrogen and oxygen atoms in total. The molecule has 31 heavy (non-hydrogen) atoms. The molecule has 0 aliphatic carbocycles. The summed E-state index contributed by atoms with van der Waals surface area (Å²) < 4.78 is 10.5. The number of rotatable bonds is 20. The maximum absolute atomic E-state index is 11.8. The molecule has 0 saturated heterocycles. The number of carbonyl (C=O) groups excluding carboxylic acids is 2. The Labute approximate surface area is 191 Å². The molecule has 0 aromatic carbocycles. The summed E-state index contributed by atoms with van der Waals surface area (Å²) in [4.78, 5) is 23.7. The van der Waals surface area contributed by atoms with E-state index in [-0.39, 0.29) is 11.9 Å².